The van der Waals surface area contributed by atoms with E-state index in [-0.39, 0.29) is 11.7 Å². The second-order valence-electron chi connectivity index (χ2n) is 5.35. The Kier molecular flexibility index (Phi) is 4.83. The highest BCUT2D eigenvalue weighted by atomic mass is 19.1. The Labute approximate surface area is 134 Å². The van der Waals surface area contributed by atoms with Gasteiger partial charge < -0.3 is 15.0 Å². The second-order valence-corrected chi connectivity index (χ2v) is 5.35. The molecular weight excluding hydrogens is 297 g/mol. The molecule has 23 heavy (non-hydrogen) atoms. The van der Waals surface area contributed by atoms with Crippen molar-refractivity contribution in [1.29, 1.82) is 0 Å². The van der Waals surface area contributed by atoms with Crippen LogP contribution in [0.15, 0.2) is 42.7 Å². The summed E-state index contributed by atoms with van der Waals surface area (Å²) < 4.78 is 18.1. The van der Waals surface area contributed by atoms with Gasteiger partial charge in [-0.3, -0.25) is 9.78 Å². The van der Waals surface area contributed by atoms with Gasteiger partial charge in [0, 0.05) is 32.0 Å². The first kappa shape index (κ1) is 15.4. The van der Waals surface area contributed by atoms with E-state index >= 15 is 0 Å². The third kappa shape index (κ3) is 4.04. The third-order valence-electron chi connectivity index (χ3n) is 3.69. The summed E-state index contributed by atoms with van der Waals surface area (Å²) in [6.07, 6.45) is 3.24. The lowest BCUT2D eigenvalue weighted by atomic mass is 10.2. The zero-order valence-corrected chi connectivity index (χ0v) is 12.7. The monoisotopic (exact) mass is 315 g/mol. The molecule has 0 saturated carbocycles. The van der Waals surface area contributed by atoms with Crippen molar-refractivity contribution in [1.82, 2.24) is 9.88 Å². The maximum Gasteiger partial charge on any atom is 0.255 e. The van der Waals surface area contributed by atoms with Gasteiger partial charge in [0.05, 0.1) is 24.5 Å². The minimum absolute atomic E-state index is 0.0359. The zero-order valence-electron chi connectivity index (χ0n) is 12.7. The molecule has 3 rings (SSSR count). The van der Waals surface area contributed by atoms with E-state index in [0.29, 0.717) is 38.4 Å². The lowest BCUT2D eigenvalue weighted by Gasteiger charge is -2.26. The highest BCUT2D eigenvalue weighted by Gasteiger charge is 2.18. The van der Waals surface area contributed by atoms with Crippen molar-refractivity contribution < 1.29 is 13.9 Å². The minimum Gasteiger partial charge on any atom is -0.380 e. The number of ether oxygens (including phenoxy) is 1. The molecular formula is C17H18FN3O2. The molecule has 0 spiro atoms. The highest BCUT2D eigenvalue weighted by molar-refractivity contribution is 5.94. The highest BCUT2D eigenvalue weighted by Crippen LogP contribution is 2.13. The summed E-state index contributed by atoms with van der Waals surface area (Å²) in [5, 5.41) is 3.20. The van der Waals surface area contributed by atoms with Crippen molar-refractivity contribution in [2.45, 2.75) is 6.54 Å². The van der Waals surface area contributed by atoms with E-state index in [9.17, 15) is 9.18 Å². The Morgan fingerprint density at radius 3 is 2.70 bits per heavy atom. The van der Waals surface area contributed by atoms with Crippen LogP contribution in [0.4, 0.5) is 10.1 Å². The number of nitrogens with zero attached hydrogens (tertiary/aromatic N) is 2. The van der Waals surface area contributed by atoms with Crippen LogP contribution in [-0.2, 0) is 11.3 Å². The molecule has 0 bridgehead atoms. The number of pyridine rings is 1. The largest absolute Gasteiger partial charge is 0.380 e. The quantitative estimate of drug-likeness (QED) is 0.941. The Morgan fingerprint density at radius 2 is 1.96 bits per heavy atom. The molecule has 1 aromatic carbocycles. The number of hydrogen-bond acceptors (Lipinski definition) is 4. The SMILES string of the molecule is O=C(c1cncc(NCc2ccc(F)cc2)c1)N1CCOCC1. The minimum atomic E-state index is -0.256. The molecule has 1 amide bonds. The maximum atomic E-state index is 12.9. The predicted molar refractivity (Wildman–Crippen MR) is 84.7 cm³/mol. The number of rotatable bonds is 4. The van der Waals surface area contributed by atoms with Crippen LogP contribution in [0, 0.1) is 5.82 Å². The van der Waals surface area contributed by atoms with E-state index in [1.807, 2.05) is 0 Å². The molecule has 2 heterocycles. The molecule has 0 aliphatic carbocycles. The third-order valence-corrected chi connectivity index (χ3v) is 3.69. The van der Waals surface area contributed by atoms with Gasteiger partial charge in [-0.05, 0) is 23.8 Å². The number of carbonyl (C=O) groups is 1. The summed E-state index contributed by atoms with van der Waals surface area (Å²) in [6.45, 7) is 2.89. The van der Waals surface area contributed by atoms with Crippen LogP contribution >= 0.6 is 0 Å². The fourth-order valence-electron chi connectivity index (χ4n) is 2.41. The number of anilines is 1. The molecule has 1 aliphatic heterocycles. The topological polar surface area (TPSA) is 54.5 Å². The normalized spacial score (nSPS) is 14.6. The van der Waals surface area contributed by atoms with Gasteiger partial charge in [-0.25, -0.2) is 4.39 Å². The van der Waals surface area contributed by atoms with E-state index in [0.717, 1.165) is 11.3 Å². The van der Waals surface area contributed by atoms with E-state index in [1.54, 1.807) is 35.5 Å². The van der Waals surface area contributed by atoms with Gasteiger partial charge in [0.15, 0.2) is 0 Å². The molecule has 0 radical (unpaired) electrons. The molecule has 6 heteroatoms. The van der Waals surface area contributed by atoms with Crippen molar-refractivity contribution >= 4 is 11.6 Å². The summed E-state index contributed by atoms with van der Waals surface area (Å²) in [5.41, 5.74) is 2.26. The summed E-state index contributed by atoms with van der Waals surface area (Å²) >= 11 is 0. The fourth-order valence-corrected chi connectivity index (χ4v) is 2.41. The van der Waals surface area contributed by atoms with Crippen molar-refractivity contribution in [2.75, 3.05) is 31.6 Å². The Balaban J connectivity index is 1.64. The first-order chi connectivity index (χ1) is 11.2. The van der Waals surface area contributed by atoms with Gasteiger partial charge in [-0.2, -0.15) is 0 Å². The molecule has 2 aromatic rings. The van der Waals surface area contributed by atoms with E-state index in [2.05, 4.69) is 10.3 Å². The molecule has 1 N–H and O–H groups in total. The Hall–Kier alpha value is -2.47. The van der Waals surface area contributed by atoms with E-state index in [4.69, 9.17) is 4.74 Å². The van der Waals surface area contributed by atoms with Gasteiger partial charge in [0.25, 0.3) is 5.91 Å². The van der Waals surface area contributed by atoms with Gasteiger partial charge in [-0.1, -0.05) is 12.1 Å². The number of aromatic nitrogens is 1. The molecule has 5 nitrogen and oxygen atoms in total. The van der Waals surface area contributed by atoms with Crippen LogP contribution in [-0.4, -0.2) is 42.1 Å². The van der Waals surface area contributed by atoms with Crippen LogP contribution in [0.1, 0.15) is 15.9 Å². The van der Waals surface area contributed by atoms with Crippen molar-refractivity contribution in [3.05, 3.63) is 59.7 Å². The first-order valence-corrected chi connectivity index (χ1v) is 7.53. The van der Waals surface area contributed by atoms with Gasteiger partial charge >= 0.3 is 0 Å². The Morgan fingerprint density at radius 1 is 1.22 bits per heavy atom. The standard InChI is InChI=1S/C17H18FN3O2/c18-15-3-1-13(2-4-15)10-20-16-9-14(11-19-12-16)17(22)21-5-7-23-8-6-21/h1-4,9,11-12,20H,5-8,10H2. The molecule has 0 unspecified atom stereocenters. The van der Waals surface area contributed by atoms with Crippen LogP contribution in [0.3, 0.4) is 0 Å². The van der Waals surface area contributed by atoms with Crippen molar-refractivity contribution in [3.63, 3.8) is 0 Å². The number of hydrogen-bond donors (Lipinski definition) is 1. The molecule has 1 aromatic heterocycles. The number of benzene rings is 1. The second kappa shape index (κ2) is 7.19. The lowest BCUT2D eigenvalue weighted by molar-refractivity contribution is 0.0302. The molecule has 120 valence electrons. The van der Waals surface area contributed by atoms with Crippen molar-refractivity contribution in [3.8, 4) is 0 Å². The molecule has 1 fully saturated rings. The number of carbonyl (C=O) groups excluding carboxylic acids is 1. The molecule has 0 atom stereocenters. The predicted octanol–water partition coefficient (Wildman–Crippen LogP) is 2.31. The summed E-state index contributed by atoms with van der Waals surface area (Å²) in [7, 11) is 0. The Bertz CT molecular complexity index is 670. The number of amides is 1. The average molecular weight is 315 g/mol. The first-order valence-electron chi connectivity index (χ1n) is 7.53. The molecule has 1 saturated heterocycles. The zero-order chi connectivity index (χ0) is 16.1. The smallest absolute Gasteiger partial charge is 0.255 e. The van der Waals surface area contributed by atoms with E-state index in [1.165, 1.54) is 12.1 Å². The van der Waals surface area contributed by atoms with Crippen LogP contribution in [0.25, 0.3) is 0 Å². The van der Waals surface area contributed by atoms with E-state index < -0.39 is 0 Å². The number of halogens is 1. The van der Waals surface area contributed by atoms with Gasteiger partial charge in [0.1, 0.15) is 5.82 Å². The van der Waals surface area contributed by atoms with Crippen LogP contribution in [0.5, 0.6) is 0 Å². The summed E-state index contributed by atoms with van der Waals surface area (Å²) in [4.78, 5) is 18.3. The fraction of sp³-hybridized carbons (Fsp3) is 0.294. The number of morpholine rings is 1. The average Bonchev–Trinajstić information content (AvgIpc) is 2.61. The van der Waals surface area contributed by atoms with Gasteiger partial charge in [-0.15, -0.1) is 0 Å². The summed E-state index contributed by atoms with van der Waals surface area (Å²) in [6, 6.07) is 8.08. The van der Waals surface area contributed by atoms with Crippen LogP contribution in [0.2, 0.25) is 0 Å². The van der Waals surface area contributed by atoms with Crippen LogP contribution < -0.4 is 5.32 Å². The lowest BCUT2D eigenvalue weighted by Crippen LogP contribution is -2.40. The molecule has 1 aliphatic rings. The summed E-state index contributed by atoms with van der Waals surface area (Å²) in [5.74, 6) is -0.292. The maximum absolute atomic E-state index is 12.9. The number of nitrogens with one attached hydrogen (secondary N) is 1. The van der Waals surface area contributed by atoms with Crippen molar-refractivity contribution in [2.24, 2.45) is 0 Å². The van der Waals surface area contributed by atoms with Gasteiger partial charge in [0.2, 0.25) is 0 Å².